The number of benzene rings is 8. The van der Waals surface area contributed by atoms with E-state index < -0.39 is 0 Å². The summed E-state index contributed by atoms with van der Waals surface area (Å²) in [6.45, 7) is 0. The van der Waals surface area contributed by atoms with Gasteiger partial charge in [0.15, 0.2) is 0 Å². The van der Waals surface area contributed by atoms with Gasteiger partial charge in [0.25, 0.3) is 0 Å². The van der Waals surface area contributed by atoms with Gasteiger partial charge < -0.3 is 9.32 Å². The molecule has 0 saturated carbocycles. The molecule has 2 heterocycles. The van der Waals surface area contributed by atoms with Crippen LogP contribution in [0.4, 0.5) is 17.1 Å². The zero-order valence-corrected chi connectivity index (χ0v) is 28.5. The van der Waals surface area contributed by atoms with Crippen molar-refractivity contribution >= 4 is 70.5 Å². The maximum Gasteiger partial charge on any atom is 0.136 e. The van der Waals surface area contributed by atoms with Gasteiger partial charge in [0, 0.05) is 48.0 Å². The number of thiophene rings is 1. The zero-order valence-electron chi connectivity index (χ0n) is 27.7. The molecule has 0 bridgehead atoms. The molecule has 0 aliphatic carbocycles. The van der Waals surface area contributed by atoms with Gasteiger partial charge in [0.05, 0.1) is 0 Å². The molecule has 8 aromatic carbocycles. The minimum Gasteiger partial charge on any atom is -0.456 e. The maximum absolute atomic E-state index is 6.55. The summed E-state index contributed by atoms with van der Waals surface area (Å²) in [4.78, 5) is 2.35. The van der Waals surface area contributed by atoms with Crippen LogP contribution in [0.3, 0.4) is 0 Å². The molecule has 0 spiro atoms. The second-order valence-electron chi connectivity index (χ2n) is 12.9. The Hall–Kier alpha value is -6.42. The minimum atomic E-state index is 0.903. The van der Waals surface area contributed by atoms with Crippen LogP contribution in [0, 0.1) is 0 Å². The van der Waals surface area contributed by atoms with Crippen molar-refractivity contribution in [3.8, 4) is 33.4 Å². The smallest absolute Gasteiger partial charge is 0.136 e. The van der Waals surface area contributed by atoms with E-state index in [2.05, 4.69) is 193 Å². The lowest BCUT2D eigenvalue weighted by atomic mass is 9.96. The van der Waals surface area contributed by atoms with E-state index in [1.165, 1.54) is 47.8 Å². The van der Waals surface area contributed by atoms with Gasteiger partial charge in [-0.25, -0.2) is 0 Å². The van der Waals surface area contributed by atoms with Gasteiger partial charge in [0.2, 0.25) is 0 Å². The Kier molecular flexibility index (Phi) is 7.04. The van der Waals surface area contributed by atoms with Crippen molar-refractivity contribution < 1.29 is 4.42 Å². The first-order valence-corrected chi connectivity index (χ1v) is 18.1. The average Bonchev–Trinajstić information content (AvgIpc) is 3.78. The van der Waals surface area contributed by atoms with Crippen LogP contribution in [0.15, 0.2) is 192 Å². The standard InChI is InChI=1S/C48H31NOS/c1-3-11-32(12-4-1)34-21-25-37(26-22-34)49(38-27-23-35(24-28-38)33-13-5-2-6-14-33)39-16-9-15-36(31-39)40-18-10-19-42-46(40)48-43(50-42)29-30-45-47(48)41-17-7-8-20-44(41)51-45/h1-31H. The van der Waals surface area contributed by atoms with E-state index in [1.807, 2.05) is 11.3 Å². The van der Waals surface area contributed by atoms with Gasteiger partial charge in [-0.2, -0.15) is 0 Å². The Bertz CT molecular complexity index is 2750. The summed E-state index contributed by atoms with van der Waals surface area (Å²) in [6, 6.07) is 67.3. The van der Waals surface area contributed by atoms with Gasteiger partial charge in [0.1, 0.15) is 11.2 Å². The first-order valence-electron chi connectivity index (χ1n) is 17.3. The van der Waals surface area contributed by atoms with Crippen LogP contribution in [-0.4, -0.2) is 0 Å². The Morgan fingerprint density at radius 2 is 0.922 bits per heavy atom. The van der Waals surface area contributed by atoms with Gasteiger partial charge >= 0.3 is 0 Å². The molecule has 0 saturated heterocycles. The van der Waals surface area contributed by atoms with Gasteiger partial charge in [-0.3, -0.25) is 0 Å². The van der Waals surface area contributed by atoms with Crippen LogP contribution in [0.5, 0.6) is 0 Å². The summed E-state index contributed by atoms with van der Waals surface area (Å²) in [5.74, 6) is 0. The summed E-state index contributed by atoms with van der Waals surface area (Å²) in [5, 5.41) is 4.89. The van der Waals surface area contributed by atoms with Crippen LogP contribution in [-0.2, 0) is 0 Å². The van der Waals surface area contributed by atoms with Crippen LogP contribution in [0.25, 0.3) is 75.5 Å². The van der Waals surface area contributed by atoms with E-state index in [4.69, 9.17) is 4.42 Å². The zero-order chi connectivity index (χ0) is 33.7. The fraction of sp³-hybridized carbons (Fsp3) is 0. The molecule has 0 unspecified atom stereocenters. The molecule has 10 aromatic rings. The summed E-state index contributed by atoms with van der Waals surface area (Å²) in [7, 11) is 0. The lowest BCUT2D eigenvalue weighted by Gasteiger charge is -2.26. The molecule has 0 fully saturated rings. The third-order valence-corrected chi connectivity index (χ3v) is 11.0. The van der Waals surface area contributed by atoms with E-state index >= 15 is 0 Å². The number of furan rings is 1. The predicted octanol–water partition coefficient (Wildman–Crippen LogP) is 14.4. The fourth-order valence-electron chi connectivity index (χ4n) is 7.49. The largest absolute Gasteiger partial charge is 0.456 e. The van der Waals surface area contributed by atoms with Crippen molar-refractivity contribution in [2.24, 2.45) is 0 Å². The molecule has 51 heavy (non-hydrogen) atoms. The van der Waals surface area contributed by atoms with Crippen LogP contribution in [0.1, 0.15) is 0 Å². The number of nitrogens with zero attached hydrogens (tertiary/aromatic N) is 1. The number of fused-ring (bicyclic) bond motifs is 7. The highest BCUT2D eigenvalue weighted by molar-refractivity contribution is 7.26. The van der Waals surface area contributed by atoms with Crippen molar-refractivity contribution in [1.29, 1.82) is 0 Å². The van der Waals surface area contributed by atoms with Crippen molar-refractivity contribution in [2.45, 2.75) is 0 Å². The summed E-state index contributed by atoms with van der Waals surface area (Å²) >= 11 is 1.84. The van der Waals surface area contributed by atoms with E-state index in [0.717, 1.165) is 44.7 Å². The second-order valence-corrected chi connectivity index (χ2v) is 14.0. The number of hydrogen-bond acceptors (Lipinski definition) is 3. The highest BCUT2D eigenvalue weighted by Crippen LogP contribution is 2.46. The second kappa shape index (κ2) is 12.2. The van der Waals surface area contributed by atoms with Gasteiger partial charge in [-0.05, 0) is 94.0 Å². The molecular weight excluding hydrogens is 639 g/mol. The Morgan fingerprint density at radius 3 is 1.61 bits per heavy atom. The molecule has 2 aromatic heterocycles. The van der Waals surface area contributed by atoms with Crippen LogP contribution < -0.4 is 4.90 Å². The molecular formula is C48H31NOS. The predicted molar refractivity (Wildman–Crippen MR) is 218 cm³/mol. The Morgan fingerprint density at radius 1 is 0.353 bits per heavy atom. The third-order valence-electron chi connectivity index (χ3n) is 9.88. The quantitative estimate of drug-likeness (QED) is 0.175. The van der Waals surface area contributed by atoms with Crippen molar-refractivity contribution in [2.75, 3.05) is 4.90 Å². The molecule has 0 atom stereocenters. The number of hydrogen-bond donors (Lipinski definition) is 0. The summed E-state index contributed by atoms with van der Waals surface area (Å²) < 4.78 is 9.12. The van der Waals surface area contributed by atoms with E-state index in [1.54, 1.807) is 0 Å². The van der Waals surface area contributed by atoms with Crippen LogP contribution >= 0.6 is 11.3 Å². The third kappa shape index (κ3) is 5.10. The minimum absolute atomic E-state index is 0.903. The lowest BCUT2D eigenvalue weighted by Crippen LogP contribution is -2.10. The highest BCUT2D eigenvalue weighted by Gasteiger charge is 2.19. The summed E-state index contributed by atoms with van der Waals surface area (Å²) in [5.41, 5.74) is 12.2. The topological polar surface area (TPSA) is 16.4 Å². The Labute approximate surface area is 300 Å². The molecule has 0 radical (unpaired) electrons. The molecule has 0 aliphatic heterocycles. The SMILES string of the molecule is c1ccc(-c2ccc(N(c3ccc(-c4ccccc4)cc3)c3cccc(-c4cccc5oc6ccc7sc8ccccc8c7c6c45)c3)cc2)cc1. The van der Waals surface area contributed by atoms with Gasteiger partial charge in [-0.15, -0.1) is 11.3 Å². The number of anilines is 3. The van der Waals surface area contributed by atoms with Crippen molar-refractivity contribution in [3.63, 3.8) is 0 Å². The first kappa shape index (κ1) is 29.5. The average molecular weight is 670 g/mol. The first-order chi connectivity index (χ1) is 25.3. The maximum atomic E-state index is 6.55. The van der Waals surface area contributed by atoms with Crippen LogP contribution in [0.2, 0.25) is 0 Å². The molecule has 0 aliphatic rings. The molecule has 10 rings (SSSR count). The van der Waals surface area contributed by atoms with E-state index in [9.17, 15) is 0 Å². The molecule has 240 valence electrons. The highest BCUT2D eigenvalue weighted by atomic mass is 32.1. The molecule has 0 amide bonds. The molecule has 3 heteroatoms. The molecule has 0 N–H and O–H groups in total. The molecule has 2 nitrogen and oxygen atoms in total. The van der Waals surface area contributed by atoms with E-state index in [-0.39, 0.29) is 0 Å². The normalized spacial score (nSPS) is 11.5. The monoisotopic (exact) mass is 669 g/mol. The lowest BCUT2D eigenvalue weighted by molar-refractivity contribution is 0.669. The Balaban J connectivity index is 1.14. The van der Waals surface area contributed by atoms with Crippen molar-refractivity contribution in [3.05, 3.63) is 188 Å². The summed E-state index contributed by atoms with van der Waals surface area (Å²) in [6.07, 6.45) is 0. The van der Waals surface area contributed by atoms with E-state index in [0.29, 0.717) is 0 Å². The van der Waals surface area contributed by atoms with Gasteiger partial charge in [-0.1, -0.05) is 127 Å². The number of rotatable bonds is 6. The van der Waals surface area contributed by atoms with Crippen molar-refractivity contribution in [1.82, 2.24) is 0 Å². The fourth-order valence-corrected chi connectivity index (χ4v) is 8.60.